The number of carbonyl (C=O) groups excluding carboxylic acids is 2. The third kappa shape index (κ3) is 2.37. The molecule has 0 aromatic rings. The molecular weight excluding hydrogens is 284 g/mol. The standard InChI is InChI=1S/C13H17BrO3/c1-7-9(3)13(14,6-17-11(5)15)10(4)8(2)12(7)16/h6H2,1-5H3. The third-order valence-corrected chi connectivity index (χ3v) is 4.89. The van der Waals surface area contributed by atoms with Crippen LogP contribution in [0.25, 0.3) is 0 Å². The molecular formula is C13H17BrO3. The fraction of sp³-hybridized carbons (Fsp3) is 0.538. The molecule has 17 heavy (non-hydrogen) atoms. The molecule has 0 aliphatic heterocycles. The van der Waals surface area contributed by atoms with Gasteiger partial charge in [0.25, 0.3) is 0 Å². The van der Waals surface area contributed by atoms with Gasteiger partial charge >= 0.3 is 5.97 Å². The lowest BCUT2D eigenvalue weighted by molar-refractivity contribution is -0.141. The first-order valence-electron chi connectivity index (χ1n) is 5.44. The fourth-order valence-electron chi connectivity index (χ4n) is 1.92. The van der Waals surface area contributed by atoms with Crippen molar-refractivity contribution in [3.63, 3.8) is 0 Å². The van der Waals surface area contributed by atoms with Gasteiger partial charge < -0.3 is 4.74 Å². The maximum atomic E-state index is 11.9. The third-order valence-electron chi connectivity index (χ3n) is 3.47. The van der Waals surface area contributed by atoms with E-state index in [1.54, 1.807) is 13.8 Å². The van der Waals surface area contributed by atoms with Crippen LogP contribution in [-0.4, -0.2) is 22.7 Å². The van der Waals surface area contributed by atoms with Gasteiger partial charge in [0.15, 0.2) is 5.78 Å². The summed E-state index contributed by atoms with van der Waals surface area (Å²) in [4.78, 5) is 22.9. The average Bonchev–Trinajstić information content (AvgIpc) is 2.29. The van der Waals surface area contributed by atoms with E-state index >= 15 is 0 Å². The van der Waals surface area contributed by atoms with Crippen LogP contribution in [0.3, 0.4) is 0 Å². The maximum Gasteiger partial charge on any atom is 0.302 e. The van der Waals surface area contributed by atoms with Crippen LogP contribution in [0.1, 0.15) is 34.6 Å². The second kappa shape index (κ2) is 4.77. The minimum absolute atomic E-state index is 0.0675. The van der Waals surface area contributed by atoms with Gasteiger partial charge in [-0.3, -0.25) is 9.59 Å². The van der Waals surface area contributed by atoms with Crippen LogP contribution in [0, 0.1) is 0 Å². The molecule has 0 saturated heterocycles. The largest absolute Gasteiger partial charge is 0.464 e. The van der Waals surface area contributed by atoms with E-state index in [-0.39, 0.29) is 18.4 Å². The second-order valence-corrected chi connectivity index (χ2v) is 5.76. The van der Waals surface area contributed by atoms with Gasteiger partial charge in [-0.25, -0.2) is 0 Å². The minimum Gasteiger partial charge on any atom is -0.464 e. The smallest absolute Gasteiger partial charge is 0.302 e. The first-order valence-corrected chi connectivity index (χ1v) is 6.24. The Morgan fingerprint density at radius 1 is 1.18 bits per heavy atom. The summed E-state index contributed by atoms with van der Waals surface area (Å²) in [7, 11) is 0. The summed E-state index contributed by atoms with van der Waals surface area (Å²) in [6.45, 7) is 8.97. The van der Waals surface area contributed by atoms with E-state index in [0.29, 0.717) is 0 Å². The minimum atomic E-state index is -0.541. The lowest BCUT2D eigenvalue weighted by Crippen LogP contribution is -2.37. The van der Waals surface area contributed by atoms with Crippen molar-refractivity contribution in [3.05, 3.63) is 22.3 Å². The number of hydrogen-bond donors (Lipinski definition) is 0. The highest BCUT2D eigenvalue weighted by Gasteiger charge is 2.39. The summed E-state index contributed by atoms with van der Waals surface area (Å²) < 4.78 is 4.55. The summed E-state index contributed by atoms with van der Waals surface area (Å²) in [5, 5.41) is 0. The SMILES string of the molecule is CC(=O)OCC1(Br)C(C)=C(C)C(=O)C(C)=C1C. The maximum absolute atomic E-state index is 11.9. The molecule has 0 heterocycles. The van der Waals surface area contributed by atoms with Crippen LogP contribution in [0.5, 0.6) is 0 Å². The zero-order chi connectivity index (χ0) is 13.4. The van der Waals surface area contributed by atoms with Crippen molar-refractivity contribution in [1.29, 1.82) is 0 Å². The first kappa shape index (κ1) is 14.2. The van der Waals surface area contributed by atoms with E-state index in [4.69, 9.17) is 4.74 Å². The summed E-state index contributed by atoms with van der Waals surface area (Å²) in [5.41, 5.74) is 3.26. The topological polar surface area (TPSA) is 43.4 Å². The van der Waals surface area contributed by atoms with E-state index in [1.807, 2.05) is 13.8 Å². The fourth-order valence-corrected chi connectivity index (χ4v) is 2.62. The number of rotatable bonds is 2. The first-order chi connectivity index (χ1) is 7.71. The Morgan fingerprint density at radius 3 is 1.94 bits per heavy atom. The molecule has 0 spiro atoms. The van der Waals surface area contributed by atoms with E-state index in [0.717, 1.165) is 22.3 Å². The van der Waals surface area contributed by atoms with Crippen molar-refractivity contribution in [2.45, 2.75) is 38.9 Å². The molecule has 0 aromatic heterocycles. The normalized spacial score (nSPS) is 19.8. The van der Waals surface area contributed by atoms with E-state index in [2.05, 4.69) is 15.9 Å². The van der Waals surface area contributed by atoms with Gasteiger partial charge in [-0.2, -0.15) is 0 Å². The number of ether oxygens (including phenoxy) is 1. The molecule has 0 bridgehead atoms. The van der Waals surface area contributed by atoms with Gasteiger partial charge in [-0.15, -0.1) is 0 Å². The molecule has 0 fully saturated rings. The average molecular weight is 301 g/mol. The molecule has 94 valence electrons. The van der Waals surface area contributed by atoms with Crippen LogP contribution in [0.2, 0.25) is 0 Å². The lowest BCUT2D eigenvalue weighted by atomic mass is 9.79. The van der Waals surface area contributed by atoms with Gasteiger partial charge in [0.2, 0.25) is 0 Å². The van der Waals surface area contributed by atoms with Crippen molar-refractivity contribution in [3.8, 4) is 0 Å². The highest BCUT2D eigenvalue weighted by atomic mass is 79.9. The Hall–Kier alpha value is -0.900. The van der Waals surface area contributed by atoms with Gasteiger partial charge in [0.1, 0.15) is 10.9 Å². The highest BCUT2D eigenvalue weighted by molar-refractivity contribution is 9.10. The molecule has 0 aromatic carbocycles. The Labute approximate surface area is 110 Å². The van der Waals surface area contributed by atoms with Crippen molar-refractivity contribution in [2.24, 2.45) is 0 Å². The molecule has 0 saturated carbocycles. The monoisotopic (exact) mass is 300 g/mol. The van der Waals surface area contributed by atoms with Gasteiger partial charge in [-0.1, -0.05) is 15.9 Å². The van der Waals surface area contributed by atoms with Crippen molar-refractivity contribution in [2.75, 3.05) is 6.61 Å². The predicted molar refractivity (Wildman–Crippen MR) is 70.0 cm³/mol. The predicted octanol–water partition coefficient (Wildman–Crippen LogP) is 2.94. The van der Waals surface area contributed by atoms with Crippen LogP contribution in [0.4, 0.5) is 0 Å². The summed E-state index contributed by atoms with van der Waals surface area (Å²) in [6.07, 6.45) is 0. The molecule has 0 unspecified atom stereocenters. The molecule has 1 aliphatic carbocycles. The van der Waals surface area contributed by atoms with Crippen molar-refractivity contribution in [1.82, 2.24) is 0 Å². The molecule has 1 rings (SSSR count). The Balaban J connectivity index is 3.20. The molecule has 4 heteroatoms. The highest BCUT2D eigenvalue weighted by Crippen LogP contribution is 2.42. The second-order valence-electron chi connectivity index (χ2n) is 4.41. The number of ketones is 1. The van der Waals surface area contributed by atoms with Crippen LogP contribution >= 0.6 is 15.9 Å². The van der Waals surface area contributed by atoms with Gasteiger partial charge in [0, 0.05) is 6.92 Å². The van der Waals surface area contributed by atoms with Crippen molar-refractivity contribution < 1.29 is 14.3 Å². The summed E-state index contributed by atoms with van der Waals surface area (Å²) in [5.74, 6) is -0.255. The molecule has 3 nitrogen and oxygen atoms in total. The van der Waals surface area contributed by atoms with Gasteiger partial charge in [-0.05, 0) is 50.0 Å². The van der Waals surface area contributed by atoms with E-state index < -0.39 is 4.32 Å². The summed E-state index contributed by atoms with van der Waals surface area (Å²) in [6, 6.07) is 0. The number of hydrogen-bond acceptors (Lipinski definition) is 3. The number of halogens is 1. The number of esters is 1. The van der Waals surface area contributed by atoms with Crippen molar-refractivity contribution >= 4 is 27.7 Å². The molecule has 0 amide bonds. The number of allylic oxidation sites excluding steroid dienone is 2. The molecule has 1 aliphatic rings. The Kier molecular flexibility index (Phi) is 3.97. The number of Topliss-reactive ketones (excluding diaryl/α,β-unsaturated/α-hetero) is 1. The molecule has 0 N–H and O–H groups in total. The van der Waals surface area contributed by atoms with Crippen LogP contribution < -0.4 is 0 Å². The van der Waals surface area contributed by atoms with Gasteiger partial charge in [0.05, 0.1) is 0 Å². The van der Waals surface area contributed by atoms with Crippen LogP contribution in [-0.2, 0) is 14.3 Å². The molecule has 0 radical (unpaired) electrons. The zero-order valence-corrected chi connectivity index (χ0v) is 12.4. The molecule has 0 atom stereocenters. The Morgan fingerprint density at radius 2 is 1.59 bits per heavy atom. The van der Waals surface area contributed by atoms with E-state index in [1.165, 1.54) is 6.92 Å². The summed E-state index contributed by atoms with van der Waals surface area (Å²) >= 11 is 3.62. The number of carbonyl (C=O) groups is 2. The lowest BCUT2D eigenvalue weighted by Gasteiger charge is -2.35. The zero-order valence-electron chi connectivity index (χ0n) is 10.8. The van der Waals surface area contributed by atoms with E-state index in [9.17, 15) is 9.59 Å². The van der Waals surface area contributed by atoms with Crippen LogP contribution in [0.15, 0.2) is 22.3 Å². The quantitative estimate of drug-likeness (QED) is 0.582. The number of alkyl halides is 1. The Bertz CT molecular complexity index is 416.